The number of ether oxygens (including phenoxy) is 1. The van der Waals surface area contributed by atoms with E-state index in [0.29, 0.717) is 6.73 Å². The number of piperidine rings is 2. The van der Waals surface area contributed by atoms with Crippen molar-refractivity contribution in [2.45, 2.75) is 70.1 Å². The highest BCUT2D eigenvalue weighted by molar-refractivity contribution is 6.76. The summed E-state index contributed by atoms with van der Waals surface area (Å²) in [4.78, 5) is 16.1. The largest absolute Gasteiger partial charge is 0.369 e. The second-order valence-corrected chi connectivity index (χ2v) is 16.8. The molecule has 0 aliphatic carbocycles. The van der Waals surface area contributed by atoms with E-state index in [1.165, 1.54) is 43.2 Å². The number of aromatic nitrogens is 4. The quantitative estimate of drug-likeness (QED) is 0.384. The number of anilines is 1. The van der Waals surface area contributed by atoms with Crippen molar-refractivity contribution in [3.8, 4) is 11.3 Å². The number of fused-ring (bicyclic) bond motifs is 1. The Morgan fingerprint density at radius 1 is 1.09 bits per heavy atom. The summed E-state index contributed by atoms with van der Waals surface area (Å²) in [5.41, 5.74) is 4.49. The van der Waals surface area contributed by atoms with Gasteiger partial charge in [-0.15, -0.1) is 0 Å². The summed E-state index contributed by atoms with van der Waals surface area (Å²) in [7, 11) is -1.13. The number of nitrogens with zero attached hydrogens (tertiary/aromatic N) is 5. The van der Waals surface area contributed by atoms with Crippen molar-refractivity contribution in [1.29, 1.82) is 0 Å². The summed E-state index contributed by atoms with van der Waals surface area (Å²) in [6.45, 7) is 11.7. The maximum atomic E-state index is 6.13. The highest BCUT2D eigenvalue weighted by Crippen LogP contribution is 2.39. The monoisotopic (exact) mass is 478 g/mol. The van der Waals surface area contributed by atoms with E-state index in [1.807, 2.05) is 18.5 Å². The van der Waals surface area contributed by atoms with Gasteiger partial charge in [0.1, 0.15) is 18.7 Å². The van der Waals surface area contributed by atoms with Crippen LogP contribution in [0.1, 0.15) is 32.1 Å². The molecule has 2 fully saturated rings. The molecule has 1 atom stereocenters. The molecule has 34 heavy (non-hydrogen) atoms. The van der Waals surface area contributed by atoms with Crippen LogP contribution in [0.3, 0.4) is 0 Å². The summed E-state index contributed by atoms with van der Waals surface area (Å²) in [5, 5.41) is 5.05. The van der Waals surface area contributed by atoms with Crippen LogP contribution in [0.15, 0.2) is 37.1 Å². The summed E-state index contributed by atoms with van der Waals surface area (Å²) in [6.07, 6.45) is 13.9. The lowest BCUT2D eigenvalue weighted by Crippen LogP contribution is -2.59. The van der Waals surface area contributed by atoms with E-state index in [0.717, 1.165) is 49.2 Å². The fourth-order valence-corrected chi connectivity index (χ4v) is 6.22. The molecule has 2 saturated heterocycles. The van der Waals surface area contributed by atoms with E-state index in [4.69, 9.17) is 9.72 Å². The Hall–Kier alpha value is -2.29. The summed E-state index contributed by atoms with van der Waals surface area (Å²) >= 11 is 0. The Bertz CT molecular complexity index is 1100. The van der Waals surface area contributed by atoms with Gasteiger partial charge in [0, 0.05) is 57.5 Å². The van der Waals surface area contributed by atoms with Crippen molar-refractivity contribution in [2.75, 3.05) is 31.1 Å². The van der Waals surface area contributed by atoms with Crippen LogP contribution < -0.4 is 10.2 Å². The van der Waals surface area contributed by atoms with E-state index in [-0.39, 0.29) is 5.54 Å². The third kappa shape index (κ3) is 5.04. The van der Waals surface area contributed by atoms with Gasteiger partial charge in [-0.25, -0.2) is 15.0 Å². The fraction of sp³-hybridized carbons (Fsp3) is 0.577. The zero-order valence-corrected chi connectivity index (χ0v) is 21.9. The molecule has 5 rings (SSSR count). The average molecular weight is 479 g/mol. The molecule has 0 radical (unpaired) electrons. The van der Waals surface area contributed by atoms with E-state index >= 15 is 0 Å². The molecule has 1 spiro atoms. The standard InChI is InChI=1S/C26H38N6OSi/c1-34(2,3)16-15-33-20-32-17-21(22-7-12-27-19-29-22)24-23(8-13-28-25(24)32)31-14-6-10-26(18-31)9-4-5-11-30-26/h7-8,12-13,17,19,30H,4-6,9-11,14-16,18,20H2,1-3H3/t26-/m1/s1. The number of pyridine rings is 1. The minimum atomic E-state index is -1.13. The van der Waals surface area contributed by atoms with E-state index in [2.05, 4.69) is 56.7 Å². The Labute approximate surface area is 204 Å². The molecule has 2 aliphatic rings. The van der Waals surface area contributed by atoms with Gasteiger partial charge in [-0.2, -0.15) is 0 Å². The number of hydrogen-bond donors (Lipinski definition) is 1. The molecule has 8 heteroatoms. The molecular weight excluding hydrogens is 440 g/mol. The van der Waals surface area contributed by atoms with Crippen molar-refractivity contribution in [2.24, 2.45) is 0 Å². The normalized spacial score (nSPS) is 21.4. The van der Waals surface area contributed by atoms with Crippen molar-refractivity contribution in [3.05, 3.63) is 37.1 Å². The van der Waals surface area contributed by atoms with Gasteiger partial charge < -0.3 is 19.5 Å². The third-order valence-electron chi connectivity index (χ3n) is 7.32. The van der Waals surface area contributed by atoms with Crippen molar-refractivity contribution in [3.63, 3.8) is 0 Å². The number of rotatable bonds is 7. The molecule has 0 bridgehead atoms. The third-order valence-corrected chi connectivity index (χ3v) is 9.02. The first-order valence-electron chi connectivity index (χ1n) is 12.8. The van der Waals surface area contributed by atoms with E-state index < -0.39 is 8.07 Å². The van der Waals surface area contributed by atoms with Crippen LogP contribution in [0.4, 0.5) is 5.69 Å². The Morgan fingerprint density at radius 3 is 2.74 bits per heavy atom. The van der Waals surface area contributed by atoms with Gasteiger partial charge in [0.25, 0.3) is 0 Å². The zero-order chi connectivity index (χ0) is 23.6. The first-order valence-corrected chi connectivity index (χ1v) is 16.5. The van der Waals surface area contributed by atoms with Gasteiger partial charge in [0.05, 0.1) is 16.8 Å². The molecule has 3 aromatic rings. The van der Waals surface area contributed by atoms with Gasteiger partial charge in [0.15, 0.2) is 0 Å². The second kappa shape index (κ2) is 9.75. The topological polar surface area (TPSA) is 68.1 Å². The highest BCUT2D eigenvalue weighted by atomic mass is 28.3. The SMILES string of the molecule is C[Si](C)(C)CCOCn1cc(-c2ccncn2)c2c(N3CCC[C@]4(CCCCN4)C3)ccnc21. The maximum Gasteiger partial charge on any atom is 0.144 e. The van der Waals surface area contributed by atoms with Crippen molar-refractivity contribution in [1.82, 2.24) is 24.8 Å². The van der Waals surface area contributed by atoms with E-state index in [9.17, 15) is 0 Å². The minimum Gasteiger partial charge on any atom is -0.369 e. The fourth-order valence-electron chi connectivity index (χ4n) is 5.46. The van der Waals surface area contributed by atoms with Gasteiger partial charge in [-0.05, 0) is 50.4 Å². The predicted molar refractivity (Wildman–Crippen MR) is 141 cm³/mol. The highest BCUT2D eigenvalue weighted by Gasteiger charge is 2.37. The summed E-state index contributed by atoms with van der Waals surface area (Å²) in [5.74, 6) is 0. The lowest BCUT2D eigenvalue weighted by atomic mass is 9.81. The van der Waals surface area contributed by atoms with Crippen LogP contribution in [0.5, 0.6) is 0 Å². The van der Waals surface area contributed by atoms with Gasteiger partial charge in [-0.3, -0.25) is 0 Å². The lowest BCUT2D eigenvalue weighted by molar-refractivity contribution is 0.0899. The van der Waals surface area contributed by atoms with Crippen LogP contribution in [0.25, 0.3) is 22.3 Å². The van der Waals surface area contributed by atoms with Crippen LogP contribution in [-0.2, 0) is 11.5 Å². The number of hydrogen-bond acceptors (Lipinski definition) is 6. The summed E-state index contributed by atoms with van der Waals surface area (Å²) < 4.78 is 8.28. The smallest absolute Gasteiger partial charge is 0.144 e. The maximum absolute atomic E-state index is 6.13. The lowest BCUT2D eigenvalue weighted by Gasteiger charge is -2.47. The molecule has 0 aromatic carbocycles. The molecule has 182 valence electrons. The number of nitrogens with one attached hydrogen (secondary N) is 1. The Kier molecular flexibility index (Phi) is 6.73. The molecule has 0 saturated carbocycles. The molecule has 0 amide bonds. The molecule has 5 heterocycles. The van der Waals surface area contributed by atoms with Crippen molar-refractivity contribution < 1.29 is 4.74 Å². The van der Waals surface area contributed by atoms with E-state index in [1.54, 1.807) is 6.33 Å². The first kappa shape index (κ1) is 23.4. The molecule has 1 N–H and O–H groups in total. The minimum absolute atomic E-state index is 0.240. The molecule has 2 aliphatic heterocycles. The molecule has 0 unspecified atom stereocenters. The second-order valence-electron chi connectivity index (χ2n) is 11.2. The molecule has 7 nitrogen and oxygen atoms in total. The van der Waals surface area contributed by atoms with Crippen LogP contribution in [0.2, 0.25) is 25.7 Å². The summed E-state index contributed by atoms with van der Waals surface area (Å²) in [6, 6.07) is 5.33. The molecule has 3 aromatic heterocycles. The van der Waals surface area contributed by atoms with Gasteiger partial charge >= 0.3 is 0 Å². The van der Waals surface area contributed by atoms with Crippen molar-refractivity contribution >= 4 is 24.8 Å². The Balaban J connectivity index is 1.50. The zero-order valence-electron chi connectivity index (χ0n) is 20.9. The van der Waals surface area contributed by atoms with Gasteiger partial charge in [0.2, 0.25) is 0 Å². The molecular formula is C26H38N6OSi. The van der Waals surface area contributed by atoms with Gasteiger partial charge in [-0.1, -0.05) is 26.1 Å². The first-order chi connectivity index (χ1) is 16.4. The van der Waals surface area contributed by atoms with Crippen LogP contribution in [-0.4, -0.2) is 59.4 Å². The Morgan fingerprint density at radius 2 is 1.97 bits per heavy atom. The average Bonchev–Trinajstić information content (AvgIpc) is 3.21. The van der Waals surface area contributed by atoms with Crippen LogP contribution in [0, 0.1) is 0 Å². The van der Waals surface area contributed by atoms with Crippen LogP contribution >= 0.6 is 0 Å². The predicted octanol–water partition coefficient (Wildman–Crippen LogP) is 4.92.